The van der Waals surface area contributed by atoms with Gasteiger partial charge in [-0.3, -0.25) is 4.98 Å². The maximum Gasteiger partial charge on any atom is 0.337 e. The number of carboxylic acids is 1. The molecule has 0 saturated carbocycles. The first-order valence-corrected chi connectivity index (χ1v) is 4.52. The molecule has 0 atom stereocenters. The summed E-state index contributed by atoms with van der Waals surface area (Å²) in [5.41, 5.74) is 2.70. The first-order valence-electron chi connectivity index (χ1n) is 4.52. The molecule has 0 aromatic carbocycles. The van der Waals surface area contributed by atoms with E-state index >= 15 is 0 Å². The lowest BCUT2D eigenvalue weighted by atomic mass is 10.2. The van der Waals surface area contributed by atoms with Crippen LogP contribution < -0.4 is 0 Å². The number of nitrogens with one attached hydrogen (secondary N) is 1. The molecule has 2 heterocycles. The van der Waals surface area contributed by atoms with Crippen LogP contribution in [0.15, 0.2) is 30.6 Å². The van der Waals surface area contributed by atoms with Crippen LogP contribution in [0.1, 0.15) is 16.1 Å². The monoisotopic (exact) mass is 202 g/mol. The van der Waals surface area contributed by atoms with Gasteiger partial charge in [-0.25, -0.2) is 4.79 Å². The van der Waals surface area contributed by atoms with E-state index in [0.29, 0.717) is 11.3 Å². The van der Waals surface area contributed by atoms with E-state index < -0.39 is 5.97 Å². The van der Waals surface area contributed by atoms with Crippen molar-refractivity contribution in [2.24, 2.45) is 0 Å². The van der Waals surface area contributed by atoms with Crippen molar-refractivity contribution in [3.05, 3.63) is 41.9 Å². The molecule has 0 radical (unpaired) electrons. The minimum atomic E-state index is -0.913. The summed E-state index contributed by atoms with van der Waals surface area (Å²) in [6.07, 6.45) is 3.35. The van der Waals surface area contributed by atoms with E-state index in [1.807, 2.05) is 12.1 Å². The molecule has 4 nitrogen and oxygen atoms in total. The lowest BCUT2D eigenvalue weighted by Crippen LogP contribution is -1.95. The Kier molecular flexibility index (Phi) is 2.25. The van der Waals surface area contributed by atoms with E-state index in [0.717, 1.165) is 11.3 Å². The predicted octanol–water partition coefficient (Wildman–Crippen LogP) is 2.08. The summed E-state index contributed by atoms with van der Waals surface area (Å²) in [5.74, 6) is -0.913. The van der Waals surface area contributed by atoms with Gasteiger partial charge < -0.3 is 10.1 Å². The van der Waals surface area contributed by atoms with E-state index in [1.165, 1.54) is 0 Å². The lowest BCUT2D eigenvalue weighted by Gasteiger charge is -1.94. The van der Waals surface area contributed by atoms with Crippen LogP contribution in [-0.2, 0) is 0 Å². The Hall–Kier alpha value is -2.10. The molecule has 76 valence electrons. The number of nitrogens with zero attached hydrogens (tertiary/aromatic N) is 1. The molecule has 0 aliphatic rings. The topological polar surface area (TPSA) is 66.0 Å². The predicted molar refractivity (Wildman–Crippen MR) is 55.7 cm³/mol. The van der Waals surface area contributed by atoms with E-state index in [1.54, 1.807) is 25.4 Å². The molecule has 0 aliphatic heterocycles. The molecule has 2 N–H and O–H groups in total. The van der Waals surface area contributed by atoms with Crippen LogP contribution in [0.4, 0.5) is 0 Å². The number of rotatable bonds is 2. The van der Waals surface area contributed by atoms with Crippen molar-refractivity contribution in [3.63, 3.8) is 0 Å². The maximum absolute atomic E-state index is 10.8. The number of aromatic carboxylic acids is 1. The Morgan fingerprint density at radius 3 is 2.60 bits per heavy atom. The molecule has 0 bridgehead atoms. The fourth-order valence-electron chi connectivity index (χ4n) is 1.47. The van der Waals surface area contributed by atoms with Crippen LogP contribution in [-0.4, -0.2) is 21.0 Å². The fourth-order valence-corrected chi connectivity index (χ4v) is 1.47. The summed E-state index contributed by atoms with van der Waals surface area (Å²) in [6.45, 7) is 1.74. The van der Waals surface area contributed by atoms with Gasteiger partial charge in [0.05, 0.1) is 5.56 Å². The van der Waals surface area contributed by atoms with Crippen LogP contribution in [0.25, 0.3) is 11.3 Å². The average Bonchev–Trinajstić information content (AvgIpc) is 2.62. The molecular formula is C11H10N2O2. The van der Waals surface area contributed by atoms with Crippen LogP contribution in [0, 0.1) is 6.92 Å². The third-order valence-electron chi connectivity index (χ3n) is 2.24. The second-order valence-electron chi connectivity index (χ2n) is 3.26. The quantitative estimate of drug-likeness (QED) is 0.783. The summed E-state index contributed by atoms with van der Waals surface area (Å²) in [5, 5.41) is 8.89. The van der Waals surface area contributed by atoms with Gasteiger partial charge in [-0.2, -0.15) is 0 Å². The van der Waals surface area contributed by atoms with Crippen molar-refractivity contribution in [2.75, 3.05) is 0 Å². The zero-order chi connectivity index (χ0) is 10.8. The minimum absolute atomic E-state index is 0.307. The third-order valence-corrected chi connectivity index (χ3v) is 2.24. The summed E-state index contributed by atoms with van der Waals surface area (Å²) in [7, 11) is 0. The number of aryl methyl sites for hydroxylation is 1. The summed E-state index contributed by atoms with van der Waals surface area (Å²) in [6, 6.07) is 5.29. The lowest BCUT2D eigenvalue weighted by molar-refractivity contribution is 0.0696. The first kappa shape index (κ1) is 9.45. The second kappa shape index (κ2) is 3.57. The van der Waals surface area contributed by atoms with Crippen LogP contribution in [0.3, 0.4) is 0 Å². The zero-order valence-electron chi connectivity index (χ0n) is 8.19. The van der Waals surface area contributed by atoms with E-state index in [2.05, 4.69) is 9.97 Å². The molecular weight excluding hydrogens is 192 g/mol. The van der Waals surface area contributed by atoms with E-state index in [4.69, 9.17) is 5.11 Å². The van der Waals surface area contributed by atoms with E-state index in [9.17, 15) is 4.79 Å². The van der Waals surface area contributed by atoms with E-state index in [-0.39, 0.29) is 0 Å². The summed E-state index contributed by atoms with van der Waals surface area (Å²) >= 11 is 0. The average molecular weight is 202 g/mol. The Labute approximate surface area is 86.6 Å². The first-order chi connectivity index (χ1) is 7.18. The molecule has 0 unspecified atom stereocenters. The smallest absolute Gasteiger partial charge is 0.337 e. The minimum Gasteiger partial charge on any atom is -0.478 e. The summed E-state index contributed by atoms with van der Waals surface area (Å²) in [4.78, 5) is 17.8. The number of aromatic amines is 1. The molecule has 0 aliphatic carbocycles. The largest absolute Gasteiger partial charge is 0.478 e. The standard InChI is InChI=1S/C11H10N2O2/c1-7-9(11(14)15)6-10(13-7)8-2-4-12-5-3-8/h2-6,13H,1H3,(H,14,15). The van der Waals surface area contributed by atoms with Crippen molar-refractivity contribution >= 4 is 5.97 Å². The number of aromatic nitrogens is 2. The van der Waals surface area contributed by atoms with Gasteiger partial charge in [-0.05, 0) is 25.1 Å². The highest BCUT2D eigenvalue weighted by atomic mass is 16.4. The van der Waals surface area contributed by atoms with Gasteiger partial charge in [-0.1, -0.05) is 0 Å². The molecule has 2 aromatic rings. The highest BCUT2D eigenvalue weighted by Crippen LogP contribution is 2.20. The fraction of sp³-hybridized carbons (Fsp3) is 0.0909. The molecule has 15 heavy (non-hydrogen) atoms. The number of pyridine rings is 1. The molecule has 0 saturated heterocycles. The highest BCUT2D eigenvalue weighted by Gasteiger charge is 2.11. The third kappa shape index (κ3) is 1.74. The van der Waals surface area contributed by atoms with Gasteiger partial charge in [0.25, 0.3) is 0 Å². The van der Waals surface area contributed by atoms with Crippen LogP contribution >= 0.6 is 0 Å². The van der Waals surface area contributed by atoms with Gasteiger partial charge in [0.1, 0.15) is 0 Å². The molecule has 0 fully saturated rings. The summed E-state index contributed by atoms with van der Waals surface area (Å²) < 4.78 is 0. The van der Waals surface area contributed by atoms with Crippen LogP contribution in [0.2, 0.25) is 0 Å². The molecule has 4 heteroatoms. The van der Waals surface area contributed by atoms with Crippen molar-refractivity contribution in [2.45, 2.75) is 6.92 Å². The van der Waals surface area contributed by atoms with Crippen molar-refractivity contribution in [1.82, 2.24) is 9.97 Å². The van der Waals surface area contributed by atoms with Gasteiger partial charge >= 0.3 is 5.97 Å². The Bertz CT molecular complexity index is 489. The Morgan fingerprint density at radius 2 is 2.07 bits per heavy atom. The van der Waals surface area contributed by atoms with Gasteiger partial charge in [0.15, 0.2) is 0 Å². The number of carbonyl (C=O) groups is 1. The Morgan fingerprint density at radius 1 is 1.40 bits per heavy atom. The Balaban J connectivity index is 2.48. The number of hydrogen-bond acceptors (Lipinski definition) is 2. The molecule has 2 rings (SSSR count). The number of H-pyrrole nitrogens is 1. The van der Waals surface area contributed by atoms with Gasteiger partial charge in [0.2, 0.25) is 0 Å². The highest BCUT2D eigenvalue weighted by molar-refractivity contribution is 5.90. The normalized spacial score (nSPS) is 10.2. The molecule has 0 amide bonds. The van der Waals surface area contributed by atoms with Crippen molar-refractivity contribution < 1.29 is 9.90 Å². The second-order valence-corrected chi connectivity index (χ2v) is 3.26. The van der Waals surface area contributed by atoms with Crippen molar-refractivity contribution in [3.8, 4) is 11.3 Å². The maximum atomic E-state index is 10.8. The van der Waals surface area contributed by atoms with Crippen molar-refractivity contribution in [1.29, 1.82) is 0 Å². The number of hydrogen-bond donors (Lipinski definition) is 2. The number of carboxylic acid groups (broad SMARTS) is 1. The van der Waals surface area contributed by atoms with Crippen LogP contribution in [0.5, 0.6) is 0 Å². The van der Waals surface area contributed by atoms with Gasteiger partial charge in [-0.15, -0.1) is 0 Å². The zero-order valence-corrected chi connectivity index (χ0v) is 8.19. The molecule has 2 aromatic heterocycles. The molecule has 0 spiro atoms. The SMILES string of the molecule is Cc1[nH]c(-c2ccncc2)cc1C(=O)O. The van der Waals surface area contributed by atoms with Gasteiger partial charge in [0, 0.05) is 29.3 Å².